The molecule has 4 heteroatoms. The van der Waals surface area contributed by atoms with E-state index < -0.39 is 0 Å². The van der Waals surface area contributed by atoms with Crippen LogP contribution in [0.3, 0.4) is 0 Å². The number of hydrogen-bond acceptors (Lipinski definition) is 4. The lowest BCUT2D eigenvalue weighted by atomic mass is 10.3. The summed E-state index contributed by atoms with van der Waals surface area (Å²) < 4.78 is 6.34. The lowest BCUT2D eigenvalue weighted by molar-refractivity contribution is 0.622. The molecule has 0 saturated carbocycles. The first kappa shape index (κ1) is 8.88. The normalized spacial score (nSPS) is 10.9. The molecule has 15 heavy (non-hydrogen) atoms. The van der Waals surface area contributed by atoms with Crippen LogP contribution in [0.5, 0.6) is 0 Å². The molecule has 3 rings (SSSR count). The standard InChI is InChI=1S/C11H6O2S2/c12-7-6-9(10-2-1-4-14-10)13-8-3-5-15-11(7)8/h1-6H. The van der Waals surface area contributed by atoms with E-state index in [0.717, 1.165) is 4.88 Å². The summed E-state index contributed by atoms with van der Waals surface area (Å²) in [6.07, 6.45) is 0. The van der Waals surface area contributed by atoms with E-state index in [9.17, 15) is 4.79 Å². The first-order valence-corrected chi connectivity index (χ1v) is 6.16. The average molecular weight is 234 g/mol. The van der Waals surface area contributed by atoms with E-state index >= 15 is 0 Å². The van der Waals surface area contributed by atoms with E-state index in [1.54, 1.807) is 17.4 Å². The van der Waals surface area contributed by atoms with Gasteiger partial charge in [0.2, 0.25) is 5.43 Å². The van der Waals surface area contributed by atoms with Gasteiger partial charge in [0.1, 0.15) is 16.0 Å². The van der Waals surface area contributed by atoms with E-state index in [1.807, 2.05) is 29.0 Å². The Morgan fingerprint density at radius 3 is 2.87 bits per heavy atom. The Morgan fingerprint density at radius 1 is 1.13 bits per heavy atom. The van der Waals surface area contributed by atoms with Crippen molar-refractivity contribution in [1.29, 1.82) is 0 Å². The van der Waals surface area contributed by atoms with Gasteiger partial charge in [0.15, 0.2) is 0 Å². The van der Waals surface area contributed by atoms with Crippen LogP contribution >= 0.6 is 22.7 Å². The summed E-state index contributed by atoms with van der Waals surface area (Å²) in [6, 6.07) is 7.28. The maximum Gasteiger partial charge on any atom is 0.203 e. The zero-order valence-electron chi connectivity index (χ0n) is 7.60. The molecule has 3 heterocycles. The van der Waals surface area contributed by atoms with Gasteiger partial charge in [0.25, 0.3) is 0 Å². The van der Waals surface area contributed by atoms with Gasteiger partial charge in [-0.15, -0.1) is 22.7 Å². The lowest BCUT2D eigenvalue weighted by Gasteiger charge is -1.95. The number of hydrogen-bond donors (Lipinski definition) is 0. The van der Waals surface area contributed by atoms with Gasteiger partial charge in [0, 0.05) is 6.07 Å². The van der Waals surface area contributed by atoms with Crippen molar-refractivity contribution in [3.8, 4) is 10.6 Å². The second-order valence-corrected chi connectivity index (χ2v) is 4.93. The van der Waals surface area contributed by atoms with E-state index in [-0.39, 0.29) is 5.43 Å². The van der Waals surface area contributed by atoms with Crippen LogP contribution in [-0.2, 0) is 0 Å². The SMILES string of the molecule is O=c1cc(-c2cccs2)oc2ccsc12. The summed E-state index contributed by atoms with van der Waals surface area (Å²) in [5.41, 5.74) is 0.713. The first-order valence-electron chi connectivity index (χ1n) is 4.40. The molecule has 0 bridgehead atoms. The highest BCUT2D eigenvalue weighted by Gasteiger charge is 2.07. The van der Waals surface area contributed by atoms with Crippen LogP contribution in [0.25, 0.3) is 20.9 Å². The van der Waals surface area contributed by atoms with Gasteiger partial charge in [-0.05, 0) is 22.9 Å². The van der Waals surface area contributed by atoms with Gasteiger partial charge in [-0.2, -0.15) is 0 Å². The molecule has 0 unspecified atom stereocenters. The second kappa shape index (κ2) is 3.32. The molecule has 0 saturated heterocycles. The Bertz CT molecular complexity index is 647. The molecule has 0 fully saturated rings. The predicted octanol–water partition coefficient (Wildman–Crippen LogP) is 3.58. The summed E-state index contributed by atoms with van der Waals surface area (Å²) in [4.78, 5) is 12.7. The fourth-order valence-electron chi connectivity index (χ4n) is 1.43. The van der Waals surface area contributed by atoms with Crippen molar-refractivity contribution < 1.29 is 4.42 Å². The van der Waals surface area contributed by atoms with Crippen molar-refractivity contribution in [2.75, 3.05) is 0 Å². The molecule has 0 atom stereocenters. The quantitative estimate of drug-likeness (QED) is 0.644. The molecule has 3 aromatic heterocycles. The molecule has 0 N–H and O–H groups in total. The molecule has 0 aromatic carbocycles. The second-order valence-electron chi connectivity index (χ2n) is 3.07. The van der Waals surface area contributed by atoms with E-state index in [2.05, 4.69) is 0 Å². The topological polar surface area (TPSA) is 30.2 Å². The highest BCUT2D eigenvalue weighted by molar-refractivity contribution is 7.17. The molecular formula is C11H6O2S2. The van der Waals surface area contributed by atoms with Crippen LogP contribution in [-0.4, -0.2) is 0 Å². The molecule has 0 aliphatic carbocycles. The summed E-state index contributed by atoms with van der Waals surface area (Å²) >= 11 is 2.98. The fourth-order valence-corrected chi connectivity index (χ4v) is 2.84. The molecule has 0 aliphatic heterocycles. The highest BCUT2D eigenvalue weighted by Crippen LogP contribution is 2.27. The van der Waals surface area contributed by atoms with Gasteiger partial charge in [-0.3, -0.25) is 4.79 Å². The summed E-state index contributed by atoms with van der Waals surface area (Å²) in [6.45, 7) is 0. The minimum absolute atomic E-state index is 0.0367. The number of fused-ring (bicyclic) bond motifs is 1. The van der Waals surface area contributed by atoms with Crippen LogP contribution < -0.4 is 5.43 Å². The Morgan fingerprint density at radius 2 is 2.07 bits per heavy atom. The maximum atomic E-state index is 11.7. The molecule has 2 nitrogen and oxygen atoms in total. The minimum Gasteiger partial charge on any atom is -0.454 e. The number of thiophene rings is 2. The van der Waals surface area contributed by atoms with Crippen LogP contribution in [0.15, 0.2) is 44.2 Å². The lowest BCUT2D eigenvalue weighted by Crippen LogP contribution is -1.96. The Balaban J connectivity index is 2.34. The molecule has 0 aliphatic rings. The molecule has 0 radical (unpaired) electrons. The van der Waals surface area contributed by atoms with Crippen LogP contribution in [0, 0.1) is 0 Å². The van der Waals surface area contributed by atoms with Crippen LogP contribution in [0.4, 0.5) is 0 Å². The third-order valence-electron chi connectivity index (χ3n) is 2.10. The first-order chi connectivity index (χ1) is 7.34. The fraction of sp³-hybridized carbons (Fsp3) is 0. The highest BCUT2D eigenvalue weighted by atomic mass is 32.1. The van der Waals surface area contributed by atoms with Crippen molar-refractivity contribution in [1.82, 2.24) is 0 Å². The summed E-state index contributed by atoms with van der Waals surface area (Å²) in [7, 11) is 0. The molecular weight excluding hydrogens is 228 g/mol. The zero-order chi connectivity index (χ0) is 10.3. The zero-order valence-corrected chi connectivity index (χ0v) is 9.23. The molecule has 0 amide bonds. The molecule has 3 aromatic rings. The van der Waals surface area contributed by atoms with Crippen molar-refractivity contribution in [3.63, 3.8) is 0 Å². The monoisotopic (exact) mass is 234 g/mol. The summed E-state index contributed by atoms with van der Waals surface area (Å²) in [5.74, 6) is 0.654. The third kappa shape index (κ3) is 1.42. The maximum absolute atomic E-state index is 11.7. The van der Waals surface area contributed by atoms with Crippen molar-refractivity contribution in [2.24, 2.45) is 0 Å². The van der Waals surface area contributed by atoms with E-state index in [1.165, 1.54) is 11.3 Å². The largest absolute Gasteiger partial charge is 0.454 e. The molecule has 74 valence electrons. The van der Waals surface area contributed by atoms with Gasteiger partial charge in [0.05, 0.1) is 4.88 Å². The van der Waals surface area contributed by atoms with E-state index in [4.69, 9.17) is 4.42 Å². The third-order valence-corrected chi connectivity index (χ3v) is 3.89. The van der Waals surface area contributed by atoms with Crippen molar-refractivity contribution in [3.05, 3.63) is 45.2 Å². The molecule has 0 spiro atoms. The Labute approximate surface area is 93.4 Å². The Kier molecular flexibility index (Phi) is 1.97. The van der Waals surface area contributed by atoms with Gasteiger partial charge in [-0.25, -0.2) is 0 Å². The predicted molar refractivity (Wildman–Crippen MR) is 63.7 cm³/mol. The minimum atomic E-state index is 0.0367. The average Bonchev–Trinajstić information content (AvgIpc) is 2.88. The van der Waals surface area contributed by atoms with Crippen molar-refractivity contribution >= 4 is 33.0 Å². The van der Waals surface area contributed by atoms with Crippen LogP contribution in [0.2, 0.25) is 0 Å². The van der Waals surface area contributed by atoms with Crippen LogP contribution in [0.1, 0.15) is 0 Å². The number of rotatable bonds is 1. The van der Waals surface area contributed by atoms with Gasteiger partial charge < -0.3 is 4.42 Å². The summed E-state index contributed by atoms with van der Waals surface area (Å²) in [5, 5.41) is 3.83. The van der Waals surface area contributed by atoms with Crippen molar-refractivity contribution in [2.45, 2.75) is 0 Å². The Hall–Kier alpha value is -1.39. The van der Waals surface area contributed by atoms with E-state index in [0.29, 0.717) is 16.0 Å². The van der Waals surface area contributed by atoms with Gasteiger partial charge >= 0.3 is 0 Å². The smallest absolute Gasteiger partial charge is 0.203 e. The van der Waals surface area contributed by atoms with Gasteiger partial charge in [-0.1, -0.05) is 6.07 Å².